The van der Waals surface area contributed by atoms with Crippen molar-refractivity contribution in [3.05, 3.63) is 18.0 Å². The molecule has 0 amide bonds. The van der Waals surface area contributed by atoms with Gasteiger partial charge in [-0.05, 0) is 37.2 Å². The summed E-state index contributed by atoms with van der Waals surface area (Å²) in [7, 11) is 0. The minimum Gasteiger partial charge on any atom is -0.393 e. The maximum absolute atomic E-state index is 9.44. The number of hydrogen-bond acceptors (Lipinski definition) is 2. The second-order valence-corrected chi connectivity index (χ2v) is 4.87. The fourth-order valence-corrected chi connectivity index (χ4v) is 2.17. The SMILES string of the molecule is CC(C)c1cnn(C2CCC(O)CC2)c1. The van der Waals surface area contributed by atoms with Crippen LogP contribution < -0.4 is 0 Å². The Morgan fingerprint density at radius 3 is 2.53 bits per heavy atom. The van der Waals surface area contributed by atoms with E-state index in [1.54, 1.807) is 0 Å². The summed E-state index contributed by atoms with van der Waals surface area (Å²) in [6.07, 6.45) is 7.99. The Morgan fingerprint density at radius 1 is 1.33 bits per heavy atom. The summed E-state index contributed by atoms with van der Waals surface area (Å²) >= 11 is 0. The number of aliphatic hydroxyl groups is 1. The van der Waals surface area contributed by atoms with Gasteiger partial charge in [-0.3, -0.25) is 4.68 Å². The van der Waals surface area contributed by atoms with E-state index in [0.717, 1.165) is 25.7 Å². The predicted molar refractivity (Wildman–Crippen MR) is 59.8 cm³/mol. The highest BCUT2D eigenvalue weighted by Crippen LogP contribution is 2.28. The van der Waals surface area contributed by atoms with Gasteiger partial charge in [0.05, 0.1) is 18.3 Å². The molecular weight excluding hydrogens is 188 g/mol. The van der Waals surface area contributed by atoms with Crippen LogP contribution >= 0.6 is 0 Å². The summed E-state index contributed by atoms with van der Waals surface area (Å²) in [6, 6.07) is 0.501. The molecule has 0 saturated heterocycles. The number of rotatable bonds is 2. The molecule has 0 radical (unpaired) electrons. The van der Waals surface area contributed by atoms with Crippen LogP contribution in [-0.4, -0.2) is 21.0 Å². The van der Waals surface area contributed by atoms with E-state index in [1.807, 2.05) is 6.20 Å². The normalized spacial score (nSPS) is 27.2. The minimum absolute atomic E-state index is 0.0821. The molecule has 3 nitrogen and oxygen atoms in total. The van der Waals surface area contributed by atoms with Crippen LogP contribution in [0.5, 0.6) is 0 Å². The van der Waals surface area contributed by atoms with Gasteiger partial charge in [0, 0.05) is 6.20 Å². The molecule has 1 fully saturated rings. The molecule has 0 spiro atoms. The molecule has 0 aromatic carbocycles. The lowest BCUT2D eigenvalue weighted by Gasteiger charge is -2.25. The van der Waals surface area contributed by atoms with Gasteiger partial charge in [0.15, 0.2) is 0 Å². The maximum Gasteiger partial charge on any atom is 0.0541 e. The molecule has 84 valence electrons. The van der Waals surface area contributed by atoms with E-state index >= 15 is 0 Å². The Morgan fingerprint density at radius 2 is 2.00 bits per heavy atom. The summed E-state index contributed by atoms with van der Waals surface area (Å²) in [4.78, 5) is 0. The van der Waals surface area contributed by atoms with E-state index in [9.17, 15) is 5.11 Å². The van der Waals surface area contributed by atoms with E-state index in [1.165, 1.54) is 5.56 Å². The van der Waals surface area contributed by atoms with Gasteiger partial charge in [-0.2, -0.15) is 5.10 Å². The van der Waals surface area contributed by atoms with Crippen molar-refractivity contribution >= 4 is 0 Å². The quantitative estimate of drug-likeness (QED) is 0.810. The maximum atomic E-state index is 9.44. The summed E-state index contributed by atoms with van der Waals surface area (Å²) in [5.74, 6) is 0.549. The van der Waals surface area contributed by atoms with Crippen LogP contribution in [0.1, 0.15) is 57.1 Å². The lowest BCUT2D eigenvalue weighted by molar-refractivity contribution is 0.108. The van der Waals surface area contributed by atoms with Gasteiger partial charge in [-0.25, -0.2) is 0 Å². The molecule has 0 bridgehead atoms. The van der Waals surface area contributed by atoms with E-state index in [-0.39, 0.29) is 6.10 Å². The van der Waals surface area contributed by atoms with Gasteiger partial charge in [-0.1, -0.05) is 13.8 Å². The zero-order valence-electron chi connectivity index (χ0n) is 9.56. The lowest BCUT2D eigenvalue weighted by Crippen LogP contribution is -2.21. The first-order valence-corrected chi connectivity index (χ1v) is 5.89. The molecule has 2 rings (SSSR count). The molecule has 15 heavy (non-hydrogen) atoms. The molecule has 3 heteroatoms. The number of nitrogens with zero attached hydrogens (tertiary/aromatic N) is 2. The van der Waals surface area contributed by atoms with E-state index in [2.05, 4.69) is 29.8 Å². The van der Waals surface area contributed by atoms with E-state index in [0.29, 0.717) is 12.0 Å². The van der Waals surface area contributed by atoms with Crippen LogP contribution in [0.2, 0.25) is 0 Å². The van der Waals surface area contributed by atoms with Gasteiger partial charge in [0.1, 0.15) is 0 Å². The van der Waals surface area contributed by atoms with Gasteiger partial charge < -0.3 is 5.11 Å². The third-order valence-electron chi connectivity index (χ3n) is 3.33. The molecule has 0 unspecified atom stereocenters. The minimum atomic E-state index is -0.0821. The smallest absolute Gasteiger partial charge is 0.0541 e. The fourth-order valence-electron chi connectivity index (χ4n) is 2.17. The fraction of sp³-hybridized carbons (Fsp3) is 0.750. The van der Waals surface area contributed by atoms with Crippen molar-refractivity contribution in [2.75, 3.05) is 0 Å². The molecule has 1 saturated carbocycles. The summed E-state index contributed by atoms with van der Waals surface area (Å²) in [5.41, 5.74) is 1.31. The van der Waals surface area contributed by atoms with Crippen molar-refractivity contribution in [2.45, 2.75) is 57.6 Å². The third-order valence-corrected chi connectivity index (χ3v) is 3.33. The number of hydrogen-bond donors (Lipinski definition) is 1. The Kier molecular flexibility index (Phi) is 3.10. The van der Waals surface area contributed by atoms with E-state index < -0.39 is 0 Å². The highest BCUT2D eigenvalue weighted by atomic mass is 16.3. The van der Waals surface area contributed by atoms with Crippen molar-refractivity contribution in [3.63, 3.8) is 0 Å². The Bertz CT molecular complexity index is 311. The topological polar surface area (TPSA) is 38.0 Å². The molecule has 1 aliphatic rings. The first-order valence-electron chi connectivity index (χ1n) is 5.89. The van der Waals surface area contributed by atoms with Crippen LogP contribution in [-0.2, 0) is 0 Å². The zero-order valence-corrected chi connectivity index (χ0v) is 9.56. The standard InChI is InChI=1S/C12H20N2O/c1-9(2)10-7-13-14(8-10)11-3-5-12(15)6-4-11/h7-9,11-12,15H,3-6H2,1-2H3. The Hall–Kier alpha value is -0.830. The van der Waals surface area contributed by atoms with Crippen LogP contribution in [0.15, 0.2) is 12.4 Å². The van der Waals surface area contributed by atoms with Gasteiger partial charge in [-0.15, -0.1) is 0 Å². The number of aliphatic hydroxyl groups excluding tert-OH is 1. The average Bonchev–Trinajstić information content (AvgIpc) is 2.68. The summed E-state index contributed by atoms with van der Waals surface area (Å²) < 4.78 is 2.08. The molecule has 0 atom stereocenters. The van der Waals surface area contributed by atoms with Crippen molar-refractivity contribution in [1.82, 2.24) is 9.78 Å². The zero-order chi connectivity index (χ0) is 10.8. The molecule has 1 aromatic rings. The lowest BCUT2D eigenvalue weighted by atomic mass is 9.93. The Balaban J connectivity index is 2.03. The Labute approximate surface area is 91.1 Å². The molecular formula is C12H20N2O. The first kappa shape index (κ1) is 10.7. The monoisotopic (exact) mass is 208 g/mol. The van der Waals surface area contributed by atoms with E-state index in [4.69, 9.17) is 0 Å². The van der Waals surface area contributed by atoms with Gasteiger partial charge in [0.2, 0.25) is 0 Å². The van der Waals surface area contributed by atoms with Crippen LogP contribution in [0.3, 0.4) is 0 Å². The van der Waals surface area contributed by atoms with Gasteiger partial charge in [0.25, 0.3) is 0 Å². The van der Waals surface area contributed by atoms with Crippen LogP contribution in [0.25, 0.3) is 0 Å². The second-order valence-electron chi connectivity index (χ2n) is 4.87. The van der Waals surface area contributed by atoms with Crippen molar-refractivity contribution in [2.24, 2.45) is 0 Å². The highest BCUT2D eigenvalue weighted by Gasteiger charge is 2.21. The average molecular weight is 208 g/mol. The summed E-state index contributed by atoms with van der Waals surface area (Å²) in [6.45, 7) is 4.37. The predicted octanol–water partition coefficient (Wildman–Crippen LogP) is 2.48. The van der Waals surface area contributed by atoms with Crippen LogP contribution in [0.4, 0.5) is 0 Å². The molecule has 1 N–H and O–H groups in total. The van der Waals surface area contributed by atoms with Gasteiger partial charge >= 0.3 is 0 Å². The second kappa shape index (κ2) is 4.35. The number of aromatic nitrogens is 2. The molecule has 1 aromatic heterocycles. The summed E-state index contributed by atoms with van der Waals surface area (Å²) in [5, 5.41) is 13.9. The highest BCUT2D eigenvalue weighted by molar-refractivity contribution is 5.09. The first-order chi connectivity index (χ1) is 7.16. The van der Waals surface area contributed by atoms with Crippen LogP contribution in [0, 0.1) is 0 Å². The van der Waals surface area contributed by atoms with Crippen molar-refractivity contribution < 1.29 is 5.11 Å². The van der Waals surface area contributed by atoms with Crippen molar-refractivity contribution in [1.29, 1.82) is 0 Å². The largest absolute Gasteiger partial charge is 0.393 e. The molecule has 1 aliphatic carbocycles. The third kappa shape index (κ3) is 2.40. The van der Waals surface area contributed by atoms with Crippen molar-refractivity contribution in [3.8, 4) is 0 Å². The molecule has 1 heterocycles. The molecule has 0 aliphatic heterocycles.